The minimum atomic E-state index is 0.529. The van der Waals surface area contributed by atoms with Crippen molar-refractivity contribution in [2.75, 3.05) is 5.75 Å². The van der Waals surface area contributed by atoms with Gasteiger partial charge in [0.1, 0.15) is 0 Å². The molecule has 2 unspecified atom stereocenters. The Bertz CT molecular complexity index is 282. The second kappa shape index (κ2) is 6.83. The third-order valence-corrected chi connectivity index (χ3v) is 5.42. The summed E-state index contributed by atoms with van der Waals surface area (Å²) in [5.74, 6) is 2.72. The Morgan fingerprint density at radius 2 is 2.00 bits per heavy atom. The molecule has 18 heavy (non-hydrogen) atoms. The average Bonchev–Trinajstić information content (AvgIpc) is 2.86. The predicted octanol–water partition coefficient (Wildman–Crippen LogP) is 4.06. The quantitative estimate of drug-likeness (QED) is 0.831. The summed E-state index contributed by atoms with van der Waals surface area (Å²) >= 11 is 1.93. The lowest BCUT2D eigenvalue weighted by atomic mass is 9.83. The maximum absolute atomic E-state index is 4.84. The largest absolute Gasteiger partial charge is 0.362 e. The molecule has 1 saturated carbocycles. The SMILES string of the molecule is CCC(NC1=NC(C(C)C)CS1)C1CCCCC1. The fourth-order valence-corrected chi connectivity index (χ4v) is 4.29. The lowest BCUT2D eigenvalue weighted by Gasteiger charge is -2.30. The van der Waals surface area contributed by atoms with E-state index >= 15 is 0 Å². The molecule has 1 N–H and O–H groups in total. The highest BCUT2D eigenvalue weighted by atomic mass is 32.2. The van der Waals surface area contributed by atoms with Gasteiger partial charge in [-0.25, -0.2) is 0 Å². The van der Waals surface area contributed by atoms with Crippen molar-refractivity contribution >= 4 is 16.9 Å². The summed E-state index contributed by atoms with van der Waals surface area (Å²) in [6.07, 6.45) is 8.36. The summed E-state index contributed by atoms with van der Waals surface area (Å²) in [7, 11) is 0. The van der Waals surface area contributed by atoms with E-state index in [0.29, 0.717) is 18.0 Å². The normalized spacial score (nSPS) is 27.3. The molecule has 2 aliphatic rings. The van der Waals surface area contributed by atoms with Crippen molar-refractivity contribution in [2.24, 2.45) is 16.8 Å². The number of aliphatic imine (C=N–C) groups is 1. The number of rotatable bonds is 4. The van der Waals surface area contributed by atoms with Gasteiger partial charge in [0.2, 0.25) is 0 Å². The standard InChI is InChI=1S/C15H28N2S/c1-4-13(12-8-6-5-7-9-12)16-15-17-14(10-18-15)11(2)3/h11-14H,4-10H2,1-3H3,(H,16,17). The van der Waals surface area contributed by atoms with Gasteiger partial charge in [0, 0.05) is 11.8 Å². The molecule has 0 amide bonds. The molecule has 2 nitrogen and oxygen atoms in total. The van der Waals surface area contributed by atoms with Crippen molar-refractivity contribution in [3.63, 3.8) is 0 Å². The van der Waals surface area contributed by atoms with E-state index in [9.17, 15) is 0 Å². The van der Waals surface area contributed by atoms with Gasteiger partial charge in [-0.05, 0) is 31.1 Å². The summed E-state index contributed by atoms with van der Waals surface area (Å²) in [6, 6.07) is 1.18. The van der Waals surface area contributed by atoms with Crippen LogP contribution in [0.2, 0.25) is 0 Å². The summed E-state index contributed by atoms with van der Waals surface area (Å²) in [4.78, 5) is 4.84. The summed E-state index contributed by atoms with van der Waals surface area (Å²) < 4.78 is 0. The molecule has 0 aromatic carbocycles. The van der Waals surface area contributed by atoms with Crippen LogP contribution in [-0.4, -0.2) is 23.0 Å². The second-order valence-corrected chi connectivity index (χ2v) is 7.12. The van der Waals surface area contributed by atoms with Crippen LogP contribution in [-0.2, 0) is 0 Å². The Morgan fingerprint density at radius 1 is 1.28 bits per heavy atom. The lowest BCUT2D eigenvalue weighted by Crippen LogP contribution is -2.39. The minimum absolute atomic E-state index is 0.529. The summed E-state index contributed by atoms with van der Waals surface area (Å²) in [6.45, 7) is 6.86. The van der Waals surface area contributed by atoms with Crippen LogP contribution in [0.5, 0.6) is 0 Å². The maximum Gasteiger partial charge on any atom is 0.157 e. The van der Waals surface area contributed by atoms with Gasteiger partial charge in [-0.3, -0.25) is 4.99 Å². The zero-order chi connectivity index (χ0) is 13.0. The van der Waals surface area contributed by atoms with Crippen LogP contribution in [0, 0.1) is 11.8 Å². The molecule has 1 heterocycles. The van der Waals surface area contributed by atoms with Gasteiger partial charge in [-0.2, -0.15) is 0 Å². The molecule has 0 aromatic heterocycles. The van der Waals surface area contributed by atoms with E-state index in [4.69, 9.17) is 4.99 Å². The molecular formula is C15H28N2S. The van der Waals surface area contributed by atoms with Gasteiger partial charge in [-0.1, -0.05) is 51.8 Å². The zero-order valence-corrected chi connectivity index (χ0v) is 12.9. The van der Waals surface area contributed by atoms with E-state index in [1.54, 1.807) is 0 Å². The van der Waals surface area contributed by atoms with Crippen LogP contribution >= 0.6 is 11.8 Å². The zero-order valence-electron chi connectivity index (χ0n) is 12.1. The molecular weight excluding hydrogens is 240 g/mol. The first-order valence-corrected chi connectivity index (χ1v) is 8.66. The number of thioether (sulfide) groups is 1. The van der Waals surface area contributed by atoms with E-state index in [1.165, 1.54) is 49.4 Å². The van der Waals surface area contributed by atoms with Crippen molar-refractivity contribution in [1.29, 1.82) is 0 Å². The van der Waals surface area contributed by atoms with Crippen LogP contribution < -0.4 is 5.32 Å². The summed E-state index contributed by atoms with van der Waals surface area (Å²) in [5, 5.41) is 4.95. The van der Waals surface area contributed by atoms with Gasteiger partial charge in [0.05, 0.1) is 6.04 Å². The monoisotopic (exact) mass is 268 g/mol. The smallest absolute Gasteiger partial charge is 0.157 e. The molecule has 1 aliphatic carbocycles. The maximum atomic E-state index is 4.84. The van der Waals surface area contributed by atoms with Crippen molar-refractivity contribution in [3.8, 4) is 0 Å². The van der Waals surface area contributed by atoms with Gasteiger partial charge < -0.3 is 5.32 Å². The molecule has 0 bridgehead atoms. The molecule has 0 aromatic rings. The van der Waals surface area contributed by atoms with Crippen LogP contribution in [0.15, 0.2) is 4.99 Å². The Kier molecular flexibility index (Phi) is 5.40. The fourth-order valence-electron chi connectivity index (χ4n) is 3.06. The van der Waals surface area contributed by atoms with Gasteiger partial charge >= 0.3 is 0 Å². The van der Waals surface area contributed by atoms with Crippen LogP contribution in [0.4, 0.5) is 0 Å². The Balaban J connectivity index is 1.88. The third-order valence-electron chi connectivity index (χ3n) is 4.41. The Hall–Kier alpha value is -0.180. The van der Waals surface area contributed by atoms with Crippen LogP contribution in [0.25, 0.3) is 0 Å². The molecule has 0 radical (unpaired) electrons. The number of nitrogens with one attached hydrogen (secondary N) is 1. The molecule has 0 saturated heterocycles. The number of hydrogen-bond donors (Lipinski definition) is 1. The van der Waals surface area contributed by atoms with Crippen LogP contribution in [0.1, 0.15) is 59.3 Å². The van der Waals surface area contributed by atoms with Gasteiger partial charge in [-0.15, -0.1) is 0 Å². The highest BCUT2D eigenvalue weighted by molar-refractivity contribution is 8.14. The summed E-state index contributed by atoms with van der Waals surface area (Å²) in [5.41, 5.74) is 0. The average molecular weight is 268 g/mol. The van der Waals surface area contributed by atoms with Crippen molar-refractivity contribution in [2.45, 2.75) is 71.4 Å². The number of nitrogens with zero attached hydrogens (tertiary/aromatic N) is 1. The molecule has 3 heteroatoms. The molecule has 0 spiro atoms. The topological polar surface area (TPSA) is 24.4 Å². The van der Waals surface area contributed by atoms with Crippen molar-refractivity contribution in [1.82, 2.24) is 5.32 Å². The first-order valence-electron chi connectivity index (χ1n) is 7.67. The van der Waals surface area contributed by atoms with E-state index in [2.05, 4.69) is 26.1 Å². The number of hydrogen-bond acceptors (Lipinski definition) is 3. The first-order chi connectivity index (χ1) is 8.70. The van der Waals surface area contributed by atoms with Gasteiger partial charge in [0.15, 0.2) is 5.17 Å². The minimum Gasteiger partial charge on any atom is -0.362 e. The Morgan fingerprint density at radius 3 is 2.56 bits per heavy atom. The van der Waals surface area contributed by atoms with Crippen molar-refractivity contribution in [3.05, 3.63) is 0 Å². The van der Waals surface area contributed by atoms with E-state index < -0.39 is 0 Å². The lowest BCUT2D eigenvalue weighted by molar-refractivity contribution is 0.284. The van der Waals surface area contributed by atoms with E-state index in [-0.39, 0.29) is 0 Å². The molecule has 104 valence electrons. The molecule has 2 atom stereocenters. The second-order valence-electron chi connectivity index (χ2n) is 6.11. The van der Waals surface area contributed by atoms with Gasteiger partial charge in [0.25, 0.3) is 0 Å². The molecule has 1 fully saturated rings. The highest BCUT2D eigenvalue weighted by Crippen LogP contribution is 2.29. The molecule has 2 rings (SSSR count). The predicted molar refractivity (Wildman–Crippen MR) is 82.3 cm³/mol. The molecule has 1 aliphatic heterocycles. The third kappa shape index (κ3) is 3.66. The Labute approximate surface area is 116 Å². The van der Waals surface area contributed by atoms with E-state index in [0.717, 1.165) is 5.92 Å². The number of amidine groups is 1. The highest BCUT2D eigenvalue weighted by Gasteiger charge is 2.26. The first kappa shape index (κ1) is 14.2. The fraction of sp³-hybridized carbons (Fsp3) is 0.933. The van der Waals surface area contributed by atoms with Crippen molar-refractivity contribution < 1.29 is 0 Å². The van der Waals surface area contributed by atoms with E-state index in [1.807, 2.05) is 11.8 Å². The van der Waals surface area contributed by atoms with Crippen LogP contribution in [0.3, 0.4) is 0 Å².